The van der Waals surface area contributed by atoms with Gasteiger partial charge in [0, 0.05) is 5.69 Å². The van der Waals surface area contributed by atoms with Crippen molar-refractivity contribution >= 4 is 17.6 Å². The molecular formula is C17H15F2NO3. The Morgan fingerprint density at radius 1 is 1.09 bits per heavy atom. The normalized spacial score (nSPS) is 10.2. The molecule has 6 heteroatoms. The van der Waals surface area contributed by atoms with Crippen LogP contribution in [0.4, 0.5) is 14.5 Å². The van der Waals surface area contributed by atoms with Crippen LogP contribution in [0.2, 0.25) is 0 Å². The van der Waals surface area contributed by atoms with Crippen molar-refractivity contribution in [1.29, 1.82) is 0 Å². The van der Waals surface area contributed by atoms with E-state index in [0.717, 1.165) is 30.2 Å². The number of esters is 1. The number of carbonyl (C=O) groups is 2. The molecule has 0 aliphatic rings. The second-order valence-electron chi connectivity index (χ2n) is 4.77. The summed E-state index contributed by atoms with van der Waals surface area (Å²) in [6.07, 6.45) is 0.811. The highest BCUT2D eigenvalue weighted by Gasteiger charge is 2.19. The molecular weight excluding hydrogens is 304 g/mol. The molecule has 0 atom stereocenters. The van der Waals surface area contributed by atoms with E-state index in [2.05, 4.69) is 10.1 Å². The van der Waals surface area contributed by atoms with Crippen molar-refractivity contribution in [2.24, 2.45) is 0 Å². The maximum Gasteiger partial charge on any atom is 0.344 e. The summed E-state index contributed by atoms with van der Waals surface area (Å²) in [6, 6.07) is 10.2. The van der Waals surface area contributed by atoms with Gasteiger partial charge in [-0.25, -0.2) is 13.6 Å². The smallest absolute Gasteiger partial charge is 0.344 e. The molecule has 0 aliphatic carbocycles. The fourth-order valence-electron chi connectivity index (χ4n) is 1.96. The van der Waals surface area contributed by atoms with Crippen molar-refractivity contribution in [2.45, 2.75) is 13.3 Å². The number of rotatable bonds is 5. The van der Waals surface area contributed by atoms with Crippen LogP contribution in [0.3, 0.4) is 0 Å². The molecule has 23 heavy (non-hydrogen) atoms. The standard InChI is InChI=1S/C17H15F2NO3/c1-2-11-5-3-6-12(9-11)20-15(21)10-23-17(22)16-13(18)7-4-8-14(16)19/h3-9H,2,10H2,1H3,(H,20,21). The predicted molar refractivity (Wildman–Crippen MR) is 81.1 cm³/mol. The third-order valence-corrected chi connectivity index (χ3v) is 3.12. The first-order valence-electron chi connectivity index (χ1n) is 7.01. The van der Waals surface area contributed by atoms with E-state index in [9.17, 15) is 18.4 Å². The van der Waals surface area contributed by atoms with Gasteiger partial charge >= 0.3 is 5.97 Å². The minimum atomic E-state index is -1.22. The molecule has 0 radical (unpaired) electrons. The van der Waals surface area contributed by atoms with Crippen LogP contribution in [0.5, 0.6) is 0 Å². The minimum absolute atomic E-state index is 0.558. The highest BCUT2D eigenvalue weighted by Crippen LogP contribution is 2.14. The van der Waals surface area contributed by atoms with E-state index in [0.29, 0.717) is 5.69 Å². The number of hydrogen-bond acceptors (Lipinski definition) is 3. The molecule has 0 bridgehead atoms. The van der Waals surface area contributed by atoms with Gasteiger partial charge in [0.1, 0.15) is 17.2 Å². The molecule has 0 aromatic heterocycles. The summed E-state index contributed by atoms with van der Waals surface area (Å²) in [5, 5.41) is 2.55. The number of amides is 1. The zero-order valence-corrected chi connectivity index (χ0v) is 12.4. The average Bonchev–Trinajstić information content (AvgIpc) is 2.53. The number of hydrogen-bond donors (Lipinski definition) is 1. The van der Waals surface area contributed by atoms with Crippen LogP contribution in [0.15, 0.2) is 42.5 Å². The molecule has 2 aromatic carbocycles. The Labute approximate surface area is 132 Å². The van der Waals surface area contributed by atoms with E-state index in [-0.39, 0.29) is 0 Å². The Bertz CT molecular complexity index is 711. The fraction of sp³-hybridized carbons (Fsp3) is 0.176. The summed E-state index contributed by atoms with van der Waals surface area (Å²) in [7, 11) is 0. The number of benzene rings is 2. The summed E-state index contributed by atoms with van der Waals surface area (Å²) in [5.74, 6) is -3.89. The SMILES string of the molecule is CCc1cccc(NC(=O)COC(=O)c2c(F)cccc2F)c1. The molecule has 0 spiro atoms. The highest BCUT2D eigenvalue weighted by molar-refractivity contribution is 5.95. The number of carbonyl (C=O) groups excluding carboxylic acids is 2. The van der Waals surface area contributed by atoms with Crippen LogP contribution >= 0.6 is 0 Å². The summed E-state index contributed by atoms with van der Waals surface area (Å²) in [4.78, 5) is 23.4. The Morgan fingerprint density at radius 3 is 2.39 bits per heavy atom. The first kappa shape index (κ1) is 16.6. The quantitative estimate of drug-likeness (QED) is 0.860. The van der Waals surface area contributed by atoms with Crippen molar-refractivity contribution in [3.63, 3.8) is 0 Å². The summed E-state index contributed by atoms with van der Waals surface area (Å²) in [6.45, 7) is 1.34. The maximum atomic E-state index is 13.4. The van der Waals surface area contributed by atoms with E-state index in [1.807, 2.05) is 13.0 Å². The Kier molecular flexibility index (Phi) is 5.41. The first-order valence-corrected chi connectivity index (χ1v) is 7.01. The van der Waals surface area contributed by atoms with Gasteiger partial charge < -0.3 is 10.1 Å². The molecule has 2 aromatic rings. The highest BCUT2D eigenvalue weighted by atomic mass is 19.1. The van der Waals surface area contributed by atoms with E-state index >= 15 is 0 Å². The molecule has 0 unspecified atom stereocenters. The lowest BCUT2D eigenvalue weighted by Crippen LogP contribution is -2.22. The molecule has 120 valence electrons. The summed E-state index contributed by atoms with van der Waals surface area (Å²) < 4.78 is 31.5. The van der Waals surface area contributed by atoms with Gasteiger partial charge in [-0.2, -0.15) is 0 Å². The van der Waals surface area contributed by atoms with Crippen molar-refractivity contribution in [3.05, 3.63) is 65.2 Å². The monoisotopic (exact) mass is 319 g/mol. The Hall–Kier alpha value is -2.76. The van der Waals surface area contributed by atoms with Crippen LogP contribution in [0, 0.1) is 11.6 Å². The van der Waals surface area contributed by atoms with E-state index < -0.39 is 35.7 Å². The largest absolute Gasteiger partial charge is 0.452 e. The van der Waals surface area contributed by atoms with Crippen LogP contribution in [-0.2, 0) is 16.0 Å². The van der Waals surface area contributed by atoms with Crippen LogP contribution in [-0.4, -0.2) is 18.5 Å². The molecule has 2 rings (SSSR count). The molecule has 0 saturated carbocycles. The molecule has 0 saturated heterocycles. The third kappa shape index (κ3) is 4.35. The van der Waals surface area contributed by atoms with Gasteiger partial charge in [-0.15, -0.1) is 0 Å². The number of ether oxygens (including phenoxy) is 1. The second-order valence-corrected chi connectivity index (χ2v) is 4.77. The first-order chi connectivity index (χ1) is 11.0. The number of aryl methyl sites for hydroxylation is 1. The molecule has 4 nitrogen and oxygen atoms in total. The average molecular weight is 319 g/mol. The number of anilines is 1. The minimum Gasteiger partial charge on any atom is -0.452 e. The van der Waals surface area contributed by atoms with Crippen molar-refractivity contribution in [2.75, 3.05) is 11.9 Å². The van der Waals surface area contributed by atoms with E-state index in [1.165, 1.54) is 0 Å². The van der Waals surface area contributed by atoms with Gasteiger partial charge in [0.25, 0.3) is 5.91 Å². The lowest BCUT2D eigenvalue weighted by atomic mass is 10.1. The van der Waals surface area contributed by atoms with Crippen LogP contribution in [0.25, 0.3) is 0 Å². The summed E-state index contributed by atoms with van der Waals surface area (Å²) >= 11 is 0. The zero-order chi connectivity index (χ0) is 16.8. The van der Waals surface area contributed by atoms with Crippen molar-refractivity contribution in [3.8, 4) is 0 Å². The second kappa shape index (κ2) is 7.49. The zero-order valence-electron chi connectivity index (χ0n) is 12.4. The maximum absolute atomic E-state index is 13.4. The van der Waals surface area contributed by atoms with Gasteiger partial charge in [0.15, 0.2) is 6.61 Å². The van der Waals surface area contributed by atoms with Crippen LogP contribution in [0.1, 0.15) is 22.8 Å². The molecule has 1 amide bonds. The van der Waals surface area contributed by atoms with Crippen LogP contribution < -0.4 is 5.32 Å². The molecule has 0 aliphatic heterocycles. The Balaban J connectivity index is 1.95. The Morgan fingerprint density at radius 2 is 1.74 bits per heavy atom. The molecule has 0 heterocycles. The van der Waals surface area contributed by atoms with E-state index in [1.54, 1.807) is 18.2 Å². The number of halogens is 2. The predicted octanol–water partition coefficient (Wildman–Crippen LogP) is 3.32. The molecule has 1 N–H and O–H groups in total. The van der Waals surface area contributed by atoms with Gasteiger partial charge in [0.2, 0.25) is 0 Å². The lowest BCUT2D eigenvalue weighted by Gasteiger charge is -2.08. The topological polar surface area (TPSA) is 55.4 Å². The van der Waals surface area contributed by atoms with Crippen molar-refractivity contribution in [1.82, 2.24) is 0 Å². The van der Waals surface area contributed by atoms with E-state index in [4.69, 9.17) is 0 Å². The van der Waals surface area contributed by atoms with Gasteiger partial charge in [-0.3, -0.25) is 4.79 Å². The third-order valence-electron chi connectivity index (χ3n) is 3.12. The summed E-state index contributed by atoms with van der Waals surface area (Å²) in [5.41, 5.74) is 0.781. The number of nitrogens with one attached hydrogen (secondary N) is 1. The van der Waals surface area contributed by atoms with Gasteiger partial charge in [-0.05, 0) is 36.2 Å². The van der Waals surface area contributed by atoms with Gasteiger partial charge in [0.05, 0.1) is 0 Å². The van der Waals surface area contributed by atoms with Crippen molar-refractivity contribution < 1.29 is 23.1 Å². The fourth-order valence-corrected chi connectivity index (χ4v) is 1.96. The van der Waals surface area contributed by atoms with Gasteiger partial charge in [-0.1, -0.05) is 25.1 Å². The lowest BCUT2D eigenvalue weighted by molar-refractivity contribution is -0.119. The molecule has 0 fully saturated rings.